The molecule has 3 rings (SSSR count). The zero-order chi connectivity index (χ0) is 15.9. The number of halogens is 2. The third-order valence-corrected chi connectivity index (χ3v) is 12.8. The molecule has 2 aliphatic carbocycles. The molecule has 0 saturated carbocycles. The van der Waals surface area contributed by atoms with Gasteiger partial charge in [0.15, 0.2) is 0 Å². The molecule has 0 amide bonds. The largest absolute Gasteiger partial charge is 0.147 e. The first-order chi connectivity index (χ1) is 10.4. The van der Waals surface area contributed by atoms with Crippen molar-refractivity contribution in [1.29, 1.82) is 0 Å². The number of allylic oxidation sites excluding steroid dienone is 5. The minimum atomic E-state index is -1.80. The van der Waals surface area contributed by atoms with Crippen LogP contribution in [-0.4, -0.2) is 3.21 Å². The fraction of sp³-hybridized carbons (Fsp3) is 0.381. The average molecular weight is 443 g/mol. The predicted molar refractivity (Wildman–Crippen MR) is 109 cm³/mol. The summed E-state index contributed by atoms with van der Waals surface area (Å²) in [7, 11) is 0. The van der Waals surface area contributed by atoms with Crippen LogP contribution in [0.1, 0.15) is 55.8 Å². The van der Waals surface area contributed by atoms with Gasteiger partial charge in [-0.2, -0.15) is 0 Å². The van der Waals surface area contributed by atoms with Crippen molar-refractivity contribution >= 4 is 34.1 Å². The first-order valence-corrected chi connectivity index (χ1v) is 12.1. The molecular formula is C21H28Cl2Zr. The van der Waals surface area contributed by atoms with Crippen LogP contribution in [0.25, 0.3) is 6.08 Å². The van der Waals surface area contributed by atoms with Crippen molar-refractivity contribution in [2.75, 3.05) is 0 Å². The molecule has 24 heavy (non-hydrogen) atoms. The van der Waals surface area contributed by atoms with E-state index in [0.717, 1.165) is 0 Å². The Morgan fingerprint density at radius 2 is 1.71 bits per heavy atom. The second-order valence-electron chi connectivity index (χ2n) is 7.69. The summed E-state index contributed by atoms with van der Waals surface area (Å²) < 4.78 is 4.19. The summed E-state index contributed by atoms with van der Waals surface area (Å²) in [4.78, 5) is 0. The van der Waals surface area contributed by atoms with Gasteiger partial charge in [-0.1, -0.05) is 0 Å². The predicted octanol–water partition coefficient (Wildman–Crippen LogP) is 6.69. The zero-order valence-electron chi connectivity index (χ0n) is 15.2. The SMILES string of the molecule is C[C](C)=[Zr]([C]1=CC=C(C(C)(C)C)C1)[CH]1C=Cc2ccccc21.Cl.Cl. The Morgan fingerprint density at radius 1 is 1.04 bits per heavy atom. The molecule has 0 aromatic heterocycles. The summed E-state index contributed by atoms with van der Waals surface area (Å²) in [6.07, 6.45) is 10.9. The van der Waals surface area contributed by atoms with E-state index in [1.54, 1.807) is 17.6 Å². The molecule has 2 aliphatic rings. The Kier molecular flexibility index (Phi) is 7.67. The van der Waals surface area contributed by atoms with Gasteiger partial charge in [-0.25, -0.2) is 0 Å². The third-order valence-electron chi connectivity index (χ3n) is 4.82. The van der Waals surface area contributed by atoms with Crippen LogP contribution in [0.4, 0.5) is 0 Å². The molecule has 1 aromatic carbocycles. The van der Waals surface area contributed by atoms with E-state index >= 15 is 0 Å². The van der Waals surface area contributed by atoms with E-state index < -0.39 is 21.3 Å². The fourth-order valence-corrected chi connectivity index (χ4v) is 11.3. The fourth-order valence-electron chi connectivity index (χ4n) is 3.56. The maximum Gasteiger partial charge on any atom is -0.147 e. The van der Waals surface area contributed by atoms with Gasteiger partial charge in [0, 0.05) is 0 Å². The van der Waals surface area contributed by atoms with Crippen LogP contribution in [-0.2, 0) is 21.3 Å². The summed E-state index contributed by atoms with van der Waals surface area (Å²) in [5.41, 5.74) is 4.92. The van der Waals surface area contributed by atoms with Crippen molar-refractivity contribution < 1.29 is 21.3 Å². The maximum atomic E-state index is 2.49. The van der Waals surface area contributed by atoms with Crippen LogP contribution in [0.5, 0.6) is 0 Å². The van der Waals surface area contributed by atoms with Crippen LogP contribution in [0.3, 0.4) is 0 Å². The molecule has 0 spiro atoms. The quantitative estimate of drug-likeness (QED) is 0.479. The number of rotatable bonds is 2. The molecule has 130 valence electrons. The molecule has 0 aliphatic heterocycles. The molecule has 0 heterocycles. The Labute approximate surface area is 167 Å². The number of hydrogen-bond acceptors (Lipinski definition) is 0. The van der Waals surface area contributed by atoms with Crippen LogP contribution in [0.15, 0.2) is 51.3 Å². The van der Waals surface area contributed by atoms with Gasteiger partial charge in [0.1, 0.15) is 0 Å². The first-order valence-electron chi connectivity index (χ1n) is 8.23. The van der Waals surface area contributed by atoms with Crippen LogP contribution < -0.4 is 0 Å². The minimum absolute atomic E-state index is 0. The molecule has 0 nitrogen and oxygen atoms in total. The minimum Gasteiger partial charge on any atom is -0.147 e. The summed E-state index contributed by atoms with van der Waals surface area (Å²) in [6.45, 7) is 11.8. The molecule has 3 heteroatoms. The Bertz CT molecular complexity index is 726. The van der Waals surface area contributed by atoms with E-state index in [4.69, 9.17) is 0 Å². The van der Waals surface area contributed by atoms with Crippen LogP contribution in [0, 0.1) is 5.41 Å². The molecule has 0 bridgehead atoms. The topological polar surface area (TPSA) is 0 Å². The van der Waals surface area contributed by atoms with Gasteiger partial charge in [0.2, 0.25) is 0 Å². The Morgan fingerprint density at radius 3 is 2.29 bits per heavy atom. The second-order valence-corrected chi connectivity index (χ2v) is 15.3. The maximum absolute atomic E-state index is 2.49. The van der Waals surface area contributed by atoms with Crippen molar-refractivity contribution in [2.24, 2.45) is 5.41 Å². The normalized spacial score (nSPS) is 18.1. The van der Waals surface area contributed by atoms with E-state index in [2.05, 4.69) is 83.2 Å². The van der Waals surface area contributed by atoms with E-state index in [1.807, 2.05) is 0 Å². The molecule has 0 N–H and O–H groups in total. The van der Waals surface area contributed by atoms with Crippen molar-refractivity contribution in [2.45, 2.75) is 44.7 Å². The molecular weight excluding hydrogens is 414 g/mol. The molecule has 0 radical (unpaired) electrons. The third kappa shape index (κ3) is 4.29. The number of hydrogen-bond donors (Lipinski definition) is 0. The summed E-state index contributed by atoms with van der Waals surface area (Å²) in [5, 5.41) is 0. The van der Waals surface area contributed by atoms with Crippen molar-refractivity contribution in [1.82, 2.24) is 0 Å². The van der Waals surface area contributed by atoms with Gasteiger partial charge in [-0.15, -0.1) is 24.8 Å². The van der Waals surface area contributed by atoms with Gasteiger partial charge in [-0.05, 0) is 0 Å². The van der Waals surface area contributed by atoms with Gasteiger partial charge in [0.25, 0.3) is 0 Å². The monoisotopic (exact) mass is 440 g/mol. The van der Waals surface area contributed by atoms with E-state index in [0.29, 0.717) is 9.04 Å². The van der Waals surface area contributed by atoms with Crippen LogP contribution in [0.2, 0.25) is 0 Å². The van der Waals surface area contributed by atoms with Crippen molar-refractivity contribution in [3.05, 3.63) is 62.5 Å². The van der Waals surface area contributed by atoms with E-state index in [1.165, 1.54) is 12.0 Å². The van der Waals surface area contributed by atoms with Gasteiger partial charge < -0.3 is 0 Å². The van der Waals surface area contributed by atoms with Crippen molar-refractivity contribution in [3.8, 4) is 0 Å². The summed E-state index contributed by atoms with van der Waals surface area (Å²) in [5.74, 6) is 0. The number of fused-ring (bicyclic) bond motifs is 1. The smallest absolute Gasteiger partial charge is 0.147 e. The Balaban J connectivity index is 0.00000144. The second kappa shape index (κ2) is 8.44. The summed E-state index contributed by atoms with van der Waals surface area (Å²) >= 11 is -1.80. The van der Waals surface area contributed by atoms with Gasteiger partial charge in [-0.3, -0.25) is 0 Å². The molecule has 0 fully saturated rings. The zero-order valence-corrected chi connectivity index (χ0v) is 19.3. The molecule has 1 atom stereocenters. The standard InChI is InChI=1S/C9H7.C9H13.C3H6.2ClH.Zr/c1-2-5-9-7-3-6-8(9)4-1;1-9(2,3)8-6-4-5-7-8;1-3-2;;;/h1-7H;4,6H,7H2,1-3H3;1-2H3;2*1H;. The first kappa shape index (κ1) is 21.8. The number of benzene rings is 1. The molecule has 1 aromatic rings. The average Bonchev–Trinajstić information content (AvgIpc) is 3.06. The van der Waals surface area contributed by atoms with Crippen LogP contribution >= 0.6 is 24.8 Å². The summed E-state index contributed by atoms with van der Waals surface area (Å²) in [6, 6.07) is 8.97. The molecule has 0 saturated heterocycles. The van der Waals surface area contributed by atoms with Gasteiger partial charge in [0.05, 0.1) is 0 Å². The van der Waals surface area contributed by atoms with E-state index in [-0.39, 0.29) is 24.8 Å². The Hall–Kier alpha value is -0.227. The van der Waals surface area contributed by atoms with Gasteiger partial charge >= 0.3 is 143 Å². The van der Waals surface area contributed by atoms with Crippen molar-refractivity contribution in [3.63, 3.8) is 0 Å². The van der Waals surface area contributed by atoms with E-state index in [9.17, 15) is 0 Å². The molecule has 1 unspecified atom stereocenters.